The van der Waals surface area contributed by atoms with Gasteiger partial charge in [0.2, 0.25) is 0 Å². The van der Waals surface area contributed by atoms with Crippen LogP contribution in [0, 0.1) is 0 Å². The van der Waals surface area contributed by atoms with Crippen molar-refractivity contribution in [1.29, 1.82) is 0 Å². The molecule has 0 amide bonds. The predicted octanol–water partition coefficient (Wildman–Crippen LogP) is 4.68. The first-order valence-electron chi connectivity index (χ1n) is 7.00. The van der Waals surface area contributed by atoms with Crippen LogP contribution >= 0.6 is 23.2 Å². The van der Waals surface area contributed by atoms with Crippen molar-refractivity contribution < 1.29 is 4.74 Å². The van der Waals surface area contributed by atoms with E-state index < -0.39 is 0 Å². The highest BCUT2D eigenvalue weighted by Crippen LogP contribution is 2.28. The first-order valence-corrected chi connectivity index (χ1v) is 7.76. The molecule has 0 aliphatic heterocycles. The fourth-order valence-corrected chi connectivity index (χ4v) is 2.92. The van der Waals surface area contributed by atoms with Crippen LogP contribution in [-0.2, 0) is 0 Å². The van der Waals surface area contributed by atoms with E-state index in [0.29, 0.717) is 21.8 Å². The minimum absolute atomic E-state index is 0.0978. The van der Waals surface area contributed by atoms with Crippen LogP contribution in [0.2, 0.25) is 10.0 Å². The molecule has 4 heteroatoms. The van der Waals surface area contributed by atoms with Gasteiger partial charge in [0.05, 0.1) is 5.02 Å². The smallest absolute Gasteiger partial charge is 0.138 e. The van der Waals surface area contributed by atoms with E-state index >= 15 is 0 Å². The van der Waals surface area contributed by atoms with Crippen LogP contribution in [0.4, 0.5) is 0 Å². The van der Waals surface area contributed by atoms with Crippen LogP contribution in [0.25, 0.3) is 0 Å². The topological polar surface area (TPSA) is 21.3 Å². The molecule has 0 saturated heterocycles. The van der Waals surface area contributed by atoms with Gasteiger partial charge in [-0.2, -0.15) is 0 Å². The fourth-order valence-electron chi connectivity index (χ4n) is 2.47. The Morgan fingerprint density at radius 1 is 1.26 bits per heavy atom. The van der Waals surface area contributed by atoms with Crippen molar-refractivity contribution in [2.45, 2.75) is 51.2 Å². The highest BCUT2D eigenvalue weighted by molar-refractivity contribution is 6.35. The Kier molecular flexibility index (Phi) is 5.80. The van der Waals surface area contributed by atoms with Crippen molar-refractivity contribution in [3.05, 3.63) is 28.2 Å². The van der Waals surface area contributed by atoms with E-state index in [2.05, 4.69) is 12.2 Å². The monoisotopic (exact) mass is 301 g/mol. The number of hydrogen-bond donors (Lipinski definition) is 1. The first-order chi connectivity index (χ1) is 9.15. The number of hydrogen-bond acceptors (Lipinski definition) is 2. The molecule has 0 radical (unpaired) electrons. The van der Waals surface area contributed by atoms with Crippen LogP contribution in [0.5, 0.6) is 5.75 Å². The number of nitrogens with one attached hydrogen (secondary N) is 1. The van der Waals surface area contributed by atoms with E-state index in [0.717, 1.165) is 6.54 Å². The summed E-state index contributed by atoms with van der Waals surface area (Å²) in [4.78, 5) is 0. The predicted molar refractivity (Wildman–Crippen MR) is 81.4 cm³/mol. The van der Waals surface area contributed by atoms with Gasteiger partial charge < -0.3 is 10.1 Å². The summed E-state index contributed by atoms with van der Waals surface area (Å²) in [6, 6.07) is 5.98. The Hall–Kier alpha value is -0.440. The lowest BCUT2D eigenvalue weighted by atomic mass is 9.95. The lowest BCUT2D eigenvalue weighted by Gasteiger charge is -2.25. The Morgan fingerprint density at radius 3 is 2.68 bits per heavy atom. The standard InChI is InChI=1S/C15H21Cl2NO/c1-11(10-18-13-5-3-2-4-6-13)19-15-8-7-12(16)9-14(15)17/h7-9,11,13,18H,2-6,10H2,1H3. The molecule has 1 fully saturated rings. The normalized spacial score (nSPS) is 18.3. The molecule has 106 valence electrons. The Bertz CT molecular complexity index is 405. The van der Waals surface area contributed by atoms with E-state index in [9.17, 15) is 0 Å². The molecule has 2 rings (SSSR count). The maximum Gasteiger partial charge on any atom is 0.138 e. The van der Waals surface area contributed by atoms with Crippen molar-refractivity contribution in [2.75, 3.05) is 6.54 Å². The summed E-state index contributed by atoms with van der Waals surface area (Å²) in [5.74, 6) is 0.698. The maximum absolute atomic E-state index is 6.09. The molecule has 19 heavy (non-hydrogen) atoms. The van der Waals surface area contributed by atoms with Gasteiger partial charge in [0.25, 0.3) is 0 Å². The number of halogens is 2. The molecule has 0 aromatic heterocycles. The average molecular weight is 302 g/mol. The van der Waals surface area contributed by atoms with Gasteiger partial charge in [-0.1, -0.05) is 42.5 Å². The van der Waals surface area contributed by atoms with Crippen molar-refractivity contribution in [3.63, 3.8) is 0 Å². The largest absolute Gasteiger partial charge is 0.488 e. The molecule has 0 spiro atoms. The van der Waals surface area contributed by atoms with Crippen LogP contribution in [0.3, 0.4) is 0 Å². The zero-order valence-electron chi connectivity index (χ0n) is 11.3. The molecule has 1 aliphatic carbocycles. The minimum atomic E-state index is 0.0978. The van der Waals surface area contributed by atoms with Crippen molar-refractivity contribution in [1.82, 2.24) is 5.32 Å². The third-order valence-electron chi connectivity index (χ3n) is 3.52. The summed E-state index contributed by atoms with van der Waals surface area (Å²) in [6.45, 7) is 2.91. The lowest BCUT2D eigenvalue weighted by molar-refractivity contribution is 0.205. The quantitative estimate of drug-likeness (QED) is 0.852. The highest BCUT2D eigenvalue weighted by atomic mass is 35.5. The second-order valence-electron chi connectivity index (χ2n) is 5.25. The third kappa shape index (κ3) is 4.87. The zero-order chi connectivity index (χ0) is 13.7. The summed E-state index contributed by atoms with van der Waals surface area (Å²) in [5.41, 5.74) is 0. The first kappa shape index (κ1) is 15.0. The summed E-state index contributed by atoms with van der Waals surface area (Å²) >= 11 is 12.0. The summed E-state index contributed by atoms with van der Waals surface area (Å²) in [5, 5.41) is 4.77. The maximum atomic E-state index is 6.09. The molecule has 1 atom stereocenters. The summed E-state index contributed by atoms with van der Waals surface area (Å²) in [7, 11) is 0. The molecule has 1 aromatic carbocycles. The molecule has 0 heterocycles. The van der Waals surface area contributed by atoms with Gasteiger partial charge in [0.1, 0.15) is 11.9 Å². The Morgan fingerprint density at radius 2 is 2.00 bits per heavy atom. The summed E-state index contributed by atoms with van der Waals surface area (Å²) in [6.07, 6.45) is 6.74. The molecule has 1 unspecified atom stereocenters. The molecule has 1 aliphatic rings. The van der Waals surface area contributed by atoms with Crippen LogP contribution in [0.1, 0.15) is 39.0 Å². The number of benzene rings is 1. The Labute approximate surface area is 125 Å². The molecule has 1 aromatic rings. The third-order valence-corrected chi connectivity index (χ3v) is 4.05. The van der Waals surface area contributed by atoms with Gasteiger partial charge in [-0.15, -0.1) is 0 Å². The number of rotatable bonds is 5. The Balaban J connectivity index is 1.78. The van der Waals surface area contributed by atoms with Crippen molar-refractivity contribution >= 4 is 23.2 Å². The van der Waals surface area contributed by atoms with Crippen LogP contribution in [-0.4, -0.2) is 18.7 Å². The van der Waals surface area contributed by atoms with Gasteiger partial charge in [-0.3, -0.25) is 0 Å². The molecular weight excluding hydrogens is 281 g/mol. The SMILES string of the molecule is CC(CNC1CCCCC1)Oc1ccc(Cl)cc1Cl. The molecular formula is C15H21Cl2NO. The van der Waals surface area contributed by atoms with Crippen molar-refractivity contribution in [3.8, 4) is 5.75 Å². The van der Waals surface area contributed by atoms with E-state index in [1.165, 1.54) is 32.1 Å². The van der Waals surface area contributed by atoms with Crippen LogP contribution < -0.4 is 10.1 Å². The fraction of sp³-hybridized carbons (Fsp3) is 0.600. The molecule has 1 saturated carbocycles. The van der Waals surface area contributed by atoms with Gasteiger partial charge in [0.15, 0.2) is 0 Å². The number of ether oxygens (including phenoxy) is 1. The second-order valence-corrected chi connectivity index (χ2v) is 6.09. The van der Waals surface area contributed by atoms with E-state index in [-0.39, 0.29) is 6.10 Å². The van der Waals surface area contributed by atoms with E-state index in [1.807, 2.05) is 6.07 Å². The van der Waals surface area contributed by atoms with E-state index in [4.69, 9.17) is 27.9 Å². The zero-order valence-corrected chi connectivity index (χ0v) is 12.8. The summed E-state index contributed by atoms with van der Waals surface area (Å²) < 4.78 is 5.84. The minimum Gasteiger partial charge on any atom is -0.488 e. The van der Waals surface area contributed by atoms with E-state index in [1.54, 1.807) is 12.1 Å². The lowest BCUT2D eigenvalue weighted by Crippen LogP contribution is -2.37. The van der Waals surface area contributed by atoms with Crippen LogP contribution in [0.15, 0.2) is 18.2 Å². The van der Waals surface area contributed by atoms with Gasteiger partial charge in [-0.05, 0) is 38.0 Å². The van der Waals surface area contributed by atoms with Gasteiger partial charge in [0, 0.05) is 17.6 Å². The van der Waals surface area contributed by atoms with Crippen molar-refractivity contribution in [2.24, 2.45) is 0 Å². The second kappa shape index (κ2) is 7.37. The molecule has 0 bridgehead atoms. The highest BCUT2D eigenvalue weighted by Gasteiger charge is 2.14. The molecule has 1 N–H and O–H groups in total. The molecule has 2 nitrogen and oxygen atoms in total. The van der Waals surface area contributed by atoms with Gasteiger partial charge in [-0.25, -0.2) is 0 Å². The average Bonchev–Trinajstić information content (AvgIpc) is 2.41. The van der Waals surface area contributed by atoms with Gasteiger partial charge >= 0.3 is 0 Å².